The second-order valence-corrected chi connectivity index (χ2v) is 12.2. The number of likely N-dealkylation sites (tertiary alicyclic amines) is 2. The van der Waals surface area contributed by atoms with Gasteiger partial charge in [0.2, 0.25) is 11.8 Å². The molecule has 9 nitrogen and oxygen atoms in total. The summed E-state index contributed by atoms with van der Waals surface area (Å²) < 4.78 is 5.25. The van der Waals surface area contributed by atoms with Crippen molar-refractivity contribution in [1.29, 1.82) is 0 Å². The largest absolute Gasteiger partial charge is 0.480 e. The summed E-state index contributed by atoms with van der Waals surface area (Å²) in [5.74, 6) is 1.28. The number of nitrogens with zero attached hydrogens (tertiary/aromatic N) is 5. The van der Waals surface area contributed by atoms with Crippen molar-refractivity contribution in [2.24, 2.45) is 0 Å². The maximum absolute atomic E-state index is 12.8. The fraction of sp³-hybridized carbons (Fsp3) is 0.457. The SMILES string of the molecule is COc1cncc(-c2cc3cc[nH]c(=O)c3c(CCCCc3ccc(C4CCN(CC(=O)N5CCCC5)CC4)c(C)c3)n2)n1. The van der Waals surface area contributed by atoms with Crippen molar-refractivity contribution in [3.63, 3.8) is 0 Å². The second kappa shape index (κ2) is 13.7. The van der Waals surface area contributed by atoms with E-state index in [2.05, 4.69) is 45.0 Å². The molecular formula is C35H42N6O3. The number of benzene rings is 1. The average molecular weight is 595 g/mol. The first-order chi connectivity index (χ1) is 21.5. The lowest BCUT2D eigenvalue weighted by Gasteiger charge is -2.33. The molecule has 0 aliphatic carbocycles. The van der Waals surface area contributed by atoms with Crippen LogP contribution in [-0.4, -0.2) is 75.5 Å². The molecule has 230 valence electrons. The molecule has 0 atom stereocenters. The van der Waals surface area contributed by atoms with Gasteiger partial charge in [-0.2, -0.15) is 0 Å². The van der Waals surface area contributed by atoms with Crippen LogP contribution >= 0.6 is 0 Å². The van der Waals surface area contributed by atoms with Crippen molar-refractivity contribution in [2.45, 2.75) is 64.2 Å². The van der Waals surface area contributed by atoms with Gasteiger partial charge in [0.05, 0.1) is 42.8 Å². The smallest absolute Gasteiger partial charge is 0.257 e. The van der Waals surface area contributed by atoms with Crippen LogP contribution in [0.15, 0.2) is 53.7 Å². The van der Waals surface area contributed by atoms with Crippen LogP contribution in [-0.2, 0) is 17.6 Å². The van der Waals surface area contributed by atoms with Crippen LogP contribution in [0.5, 0.6) is 5.88 Å². The maximum Gasteiger partial charge on any atom is 0.257 e. The number of hydrogen-bond acceptors (Lipinski definition) is 7. The average Bonchev–Trinajstić information content (AvgIpc) is 3.59. The number of amides is 1. The summed E-state index contributed by atoms with van der Waals surface area (Å²) in [5, 5.41) is 1.48. The summed E-state index contributed by atoms with van der Waals surface area (Å²) >= 11 is 0. The zero-order valence-electron chi connectivity index (χ0n) is 25.8. The third-order valence-corrected chi connectivity index (χ3v) is 9.22. The summed E-state index contributed by atoms with van der Waals surface area (Å²) in [4.78, 5) is 46.1. The predicted molar refractivity (Wildman–Crippen MR) is 172 cm³/mol. The summed E-state index contributed by atoms with van der Waals surface area (Å²) in [6.45, 7) is 6.65. The molecule has 2 aliphatic rings. The second-order valence-electron chi connectivity index (χ2n) is 12.2. The number of methoxy groups -OCH3 is 1. The Balaban J connectivity index is 1.05. The third-order valence-electron chi connectivity index (χ3n) is 9.22. The van der Waals surface area contributed by atoms with Crippen LogP contribution in [0.25, 0.3) is 22.2 Å². The molecule has 6 rings (SSSR count). The van der Waals surface area contributed by atoms with Crippen LogP contribution in [0, 0.1) is 6.92 Å². The van der Waals surface area contributed by atoms with Gasteiger partial charge < -0.3 is 14.6 Å². The molecule has 4 aromatic rings. The molecule has 0 unspecified atom stereocenters. The van der Waals surface area contributed by atoms with Gasteiger partial charge in [0.1, 0.15) is 5.69 Å². The van der Waals surface area contributed by atoms with E-state index in [4.69, 9.17) is 9.72 Å². The van der Waals surface area contributed by atoms with E-state index >= 15 is 0 Å². The molecule has 44 heavy (non-hydrogen) atoms. The van der Waals surface area contributed by atoms with E-state index in [0.717, 1.165) is 82.2 Å². The summed E-state index contributed by atoms with van der Waals surface area (Å²) in [6, 6.07) is 10.7. The van der Waals surface area contributed by atoms with Gasteiger partial charge in [-0.1, -0.05) is 18.2 Å². The molecule has 0 saturated carbocycles. The monoisotopic (exact) mass is 594 g/mol. The number of aromatic amines is 1. The summed E-state index contributed by atoms with van der Waals surface area (Å²) in [6.07, 6.45) is 13.0. The van der Waals surface area contributed by atoms with Crippen molar-refractivity contribution in [1.82, 2.24) is 29.7 Å². The number of fused-ring (bicyclic) bond motifs is 1. The van der Waals surface area contributed by atoms with Crippen molar-refractivity contribution in [2.75, 3.05) is 39.8 Å². The van der Waals surface area contributed by atoms with E-state index in [-0.39, 0.29) is 5.56 Å². The van der Waals surface area contributed by atoms with Crippen molar-refractivity contribution < 1.29 is 9.53 Å². The van der Waals surface area contributed by atoms with Gasteiger partial charge in [0, 0.05) is 19.3 Å². The van der Waals surface area contributed by atoms with Gasteiger partial charge >= 0.3 is 0 Å². The Morgan fingerprint density at radius 3 is 2.55 bits per heavy atom. The van der Waals surface area contributed by atoms with Crippen LogP contribution in [0.4, 0.5) is 0 Å². The van der Waals surface area contributed by atoms with Crippen molar-refractivity contribution in [3.05, 3.63) is 81.7 Å². The molecule has 1 N–H and O–H groups in total. The zero-order valence-corrected chi connectivity index (χ0v) is 25.8. The highest BCUT2D eigenvalue weighted by Gasteiger charge is 2.25. The lowest BCUT2D eigenvalue weighted by atomic mass is 9.86. The first kappa shape index (κ1) is 29.9. The number of aryl methyl sites for hydroxylation is 3. The van der Waals surface area contributed by atoms with E-state index < -0.39 is 0 Å². The number of aromatic nitrogens is 4. The lowest BCUT2D eigenvalue weighted by Crippen LogP contribution is -2.42. The highest BCUT2D eigenvalue weighted by molar-refractivity contribution is 5.86. The van der Waals surface area contributed by atoms with Crippen LogP contribution in [0.3, 0.4) is 0 Å². The Morgan fingerprint density at radius 2 is 1.77 bits per heavy atom. The number of H-pyrrole nitrogens is 1. The molecular weight excluding hydrogens is 552 g/mol. The van der Waals surface area contributed by atoms with E-state index in [1.54, 1.807) is 25.7 Å². The van der Waals surface area contributed by atoms with Gasteiger partial charge in [0.15, 0.2) is 0 Å². The van der Waals surface area contributed by atoms with Crippen molar-refractivity contribution in [3.8, 4) is 17.3 Å². The Morgan fingerprint density at radius 1 is 0.977 bits per heavy atom. The predicted octanol–water partition coefficient (Wildman–Crippen LogP) is 5.06. The molecule has 0 spiro atoms. The number of unbranched alkanes of at least 4 members (excludes halogenated alkanes) is 1. The Labute approximate surface area is 258 Å². The molecule has 2 saturated heterocycles. The molecule has 3 aromatic heterocycles. The molecule has 5 heterocycles. The molecule has 0 radical (unpaired) electrons. The Bertz CT molecular complexity index is 1670. The maximum atomic E-state index is 12.8. The Hall–Kier alpha value is -4.11. The number of rotatable bonds is 10. The number of nitrogens with one attached hydrogen (secondary N) is 1. The first-order valence-electron chi connectivity index (χ1n) is 16.0. The summed E-state index contributed by atoms with van der Waals surface area (Å²) in [7, 11) is 1.56. The number of hydrogen-bond donors (Lipinski definition) is 1. The quantitative estimate of drug-likeness (QED) is 0.256. The third kappa shape index (κ3) is 6.83. The number of carbonyl (C=O) groups excluding carboxylic acids is 1. The minimum absolute atomic E-state index is 0.122. The van der Waals surface area contributed by atoms with Crippen LogP contribution in [0.1, 0.15) is 66.8 Å². The van der Waals surface area contributed by atoms with Crippen LogP contribution in [0.2, 0.25) is 0 Å². The fourth-order valence-electron chi connectivity index (χ4n) is 6.81. The van der Waals surface area contributed by atoms with Gasteiger partial charge in [-0.25, -0.2) is 4.98 Å². The minimum atomic E-state index is -0.122. The van der Waals surface area contributed by atoms with Gasteiger partial charge in [0.25, 0.3) is 5.56 Å². The molecule has 9 heteroatoms. The summed E-state index contributed by atoms with van der Waals surface area (Å²) in [5.41, 5.74) is 6.11. The molecule has 2 fully saturated rings. The standard InChI is InChI=1S/C35H42N6O3/c1-24-19-25(9-10-28(24)26-12-17-40(18-13-26)23-33(42)41-15-5-6-16-41)7-3-4-8-29-34-27(11-14-37-35(34)43)20-30(38-29)31-21-36-22-32(39-31)44-2/h9-11,14,19-22,26H,3-8,12-13,15-18,23H2,1-2H3,(H,37,43). The first-order valence-corrected chi connectivity index (χ1v) is 16.0. The molecule has 2 aliphatic heterocycles. The number of piperidine rings is 1. The van der Waals surface area contributed by atoms with E-state index in [0.29, 0.717) is 47.4 Å². The molecule has 1 amide bonds. The lowest BCUT2D eigenvalue weighted by molar-refractivity contribution is -0.131. The van der Waals surface area contributed by atoms with E-state index in [1.807, 2.05) is 17.0 Å². The Kier molecular flexibility index (Phi) is 9.31. The van der Waals surface area contributed by atoms with E-state index in [1.165, 1.54) is 16.7 Å². The van der Waals surface area contributed by atoms with E-state index in [9.17, 15) is 9.59 Å². The number of ether oxygens (including phenoxy) is 1. The zero-order chi connectivity index (χ0) is 30.5. The molecule has 1 aromatic carbocycles. The van der Waals surface area contributed by atoms with Crippen molar-refractivity contribution >= 4 is 16.7 Å². The minimum Gasteiger partial charge on any atom is -0.480 e. The number of carbonyl (C=O) groups is 1. The number of pyridine rings is 2. The van der Waals surface area contributed by atoms with Gasteiger partial charge in [-0.3, -0.25) is 24.5 Å². The normalized spacial score (nSPS) is 16.1. The highest BCUT2D eigenvalue weighted by Crippen LogP contribution is 2.31. The fourth-order valence-corrected chi connectivity index (χ4v) is 6.81. The molecule has 0 bridgehead atoms. The van der Waals surface area contributed by atoms with Gasteiger partial charge in [-0.05, 0) is 112 Å². The highest BCUT2D eigenvalue weighted by atomic mass is 16.5. The van der Waals surface area contributed by atoms with Gasteiger partial charge in [-0.15, -0.1) is 0 Å². The topological polar surface area (TPSA) is 104 Å². The van der Waals surface area contributed by atoms with Crippen LogP contribution < -0.4 is 10.3 Å².